The average Bonchev–Trinajstić information content (AvgIpc) is 2.27. The van der Waals surface area contributed by atoms with Crippen LogP contribution in [0, 0.1) is 5.92 Å². The monoisotopic (exact) mass is 263 g/mol. The van der Waals surface area contributed by atoms with Crippen LogP contribution in [-0.4, -0.2) is 54.9 Å². The molecule has 7 heteroatoms. The summed E-state index contributed by atoms with van der Waals surface area (Å²) in [4.78, 5) is 23.7. The van der Waals surface area contributed by atoms with Gasteiger partial charge in [-0.25, -0.2) is 8.42 Å². The van der Waals surface area contributed by atoms with Crippen LogP contribution in [0.15, 0.2) is 0 Å². The number of hydrogen-bond acceptors (Lipinski definition) is 4. The van der Waals surface area contributed by atoms with Gasteiger partial charge in [-0.15, -0.1) is 0 Å². The zero-order valence-electron chi connectivity index (χ0n) is 9.76. The van der Waals surface area contributed by atoms with Gasteiger partial charge in [0.2, 0.25) is 5.91 Å². The summed E-state index contributed by atoms with van der Waals surface area (Å²) in [5.74, 6) is -1.72. The molecule has 98 valence electrons. The lowest BCUT2D eigenvalue weighted by atomic mass is 9.98. The first-order chi connectivity index (χ1) is 7.85. The van der Waals surface area contributed by atoms with E-state index >= 15 is 0 Å². The number of carboxylic acid groups (broad SMARTS) is 1. The number of carboxylic acids is 1. The summed E-state index contributed by atoms with van der Waals surface area (Å²) in [6.07, 6.45) is 0.522. The molecule has 6 nitrogen and oxygen atoms in total. The molecule has 0 bridgehead atoms. The molecule has 17 heavy (non-hydrogen) atoms. The third kappa shape index (κ3) is 3.99. The van der Waals surface area contributed by atoms with Crippen molar-refractivity contribution in [3.63, 3.8) is 0 Å². The molecule has 0 aliphatic carbocycles. The number of aliphatic carboxylic acids is 1. The van der Waals surface area contributed by atoms with Gasteiger partial charge in [-0.1, -0.05) is 6.92 Å². The molecule has 0 saturated carbocycles. The van der Waals surface area contributed by atoms with Crippen LogP contribution in [0.2, 0.25) is 0 Å². The molecule has 1 saturated heterocycles. The summed E-state index contributed by atoms with van der Waals surface area (Å²) in [6, 6.07) is 0. The van der Waals surface area contributed by atoms with Gasteiger partial charge in [-0.3, -0.25) is 9.59 Å². The Morgan fingerprint density at radius 3 is 2.71 bits per heavy atom. The molecule has 1 N–H and O–H groups in total. The number of carbonyl (C=O) groups is 2. The molecule has 1 aliphatic rings. The SMILES string of the molecule is CCS(=O)(=O)CCN1CC(C(=O)O)CCC1=O. The van der Waals surface area contributed by atoms with Crippen molar-refractivity contribution < 1.29 is 23.1 Å². The summed E-state index contributed by atoms with van der Waals surface area (Å²) in [6.45, 7) is 1.76. The molecule has 0 aromatic rings. The van der Waals surface area contributed by atoms with Crippen LogP contribution in [0.1, 0.15) is 19.8 Å². The summed E-state index contributed by atoms with van der Waals surface area (Å²) >= 11 is 0. The highest BCUT2D eigenvalue weighted by Crippen LogP contribution is 2.17. The quantitative estimate of drug-likeness (QED) is 0.738. The number of likely N-dealkylation sites (tertiary alicyclic amines) is 1. The Kier molecular flexibility index (Phi) is 4.50. The van der Waals surface area contributed by atoms with Gasteiger partial charge in [-0.2, -0.15) is 0 Å². The summed E-state index contributed by atoms with van der Waals surface area (Å²) < 4.78 is 22.6. The first kappa shape index (κ1) is 14.0. The fourth-order valence-corrected chi connectivity index (χ4v) is 2.51. The zero-order valence-corrected chi connectivity index (χ0v) is 10.6. The maximum Gasteiger partial charge on any atom is 0.308 e. The standard InChI is InChI=1S/C10H17NO5S/c1-2-17(15,16)6-5-11-7-8(10(13)14)3-4-9(11)12/h8H,2-7H2,1H3,(H,13,14). The third-order valence-corrected chi connectivity index (χ3v) is 4.65. The predicted octanol–water partition coefficient (Wildman–Crippen LogP) is -0.256. The number of nitrogens with zero attached hydrogens (tertiary/aromatic N) is 1. The molecule has 1 fully saturated rings. The van der Waals surface area contributed by atoms with Crippen LogP contribution in [0.25, 0.3) is 0 Å². The molecule has 1 aliphatic heterocycles. The van der Waals surface area contributed by atoms with Crippen molar-refractivity contribution in [2.75, 3.05) is 24.6 Å². The van der Waals surface area contributed by atoms with E-state index in [9.17, 15) is 18.0 Å². The van der Waals surface area contributed by atoms with Crippen LogP contribution < -0.4 is 0 Å². The Bertz CT molecular complexity index is 403. The topological polar surface area (TPSA) is 91.8 Å². The smallest absolute Gasteiger partial charge is 0.308 e. The minimum atomic E-state index is -3.12. The van der Waals surface area contributed by atoms with E-state index in [1.807, 2.05) is 0 Å². The highest BCUT2D eigenvalue weighted by Gasteiger charge is 2.30. The van der Waals surface area contributed by atoms with Gasteiger partial charge in [0, 0.05) is 25.3 Å². The Morgan fingerprint density at radius 1 is 1.53 bits per heavy atom. The van der Waals surface area contributed by atoms with E-state index in [1.165, 1.54) is 4.90 Å². The van der Waals surface area contributed by atoms with E-state index in [1.54, 1.807) is 6.92 Å². The molecule has 1 atom stereocenters. The van der Waals surface area contributed by atoms with Crippen molar-refractivity contribution in [1.29, 1.82) is 0 Å². The molecular formula is C10H17NO5S. The number of carbonyl (C=O) groups excluding carboxylic acids is 1. The van der Waals surface area contributed by atoms with Crippen molar-refractivity contribution in [2.24, 2.45) is 5.92 Å². The van der Waals surface area contributed by atoms with Crippen molar-refractivity contribution in [3.8, 4) is 0 Å². The van der Waals surface area contributed by atoms with E-state index in [0.717, 1.165) is 0 Å². The highest BCUT2D eigenvalue weighted by atomic mass is 32.2. The maximum absolute atomic E-state index is 11.5. The minimum absolute atomic E-state index is 0.0391. The summed E-state index contributed by atoms with van der Waals surface area (Å²) in [5, 5.41) is 8.86. The predicted molar refractivity (Wildman–Crippen MR) is 61.3 cm³/mol. The van der Waals surface area contributed by atoms with E-state index in [2.05, 4.69) is 0 Å². The Morgan fingerprint density at radius 2 is 2.18 bits per heavy atom. The number of sulfone groups is 1. The molecule has 1 unspecified atom stereocenters. The molecule has 1 rings (SSSR count). The largest absolute Gasteiger partial charge is 0.481 e. The lowest BCUT2D eigenvalue weighted by Crippen LogP contribution is -2.44. The molecule has 1 amide bonds. The van der Waals surface area contributed by atoms with E-state index in [4.69, 9.17) is 5.11 Å². The summed E-state index contributed by atoms with van der Waals surface area (Å²) in [5.41, 5.74) is 0. The van der Waals surface area contributed by atoms with Crippen LogP contribution in [0.4, 0.5) is 0 Å². The van der Waals surface area contributed by atoms with Gasteiger partial charge >= 0.3 is 5.97 Å². The van der Waals surface area contributed by atoms with Gasteiger partial charge in [0.1, 0.15) is 0 Å². The second kappa shape index (κ2) is 5.48. The van der Waals surface area contributed by atoms with Crippen LogP contribution in [-0.2, 0) is 19.4 Å². The van der Waals surface area contributed by atoms with Gasteiger partial charge in [0.25, 0.3) is 0 Å². The normalized spacial score (nSPS) is 21.6. The molecular weight excluding hydrogens is 246 g/mol. The molecule has 0 aromatic heterocycles. The van der Waals surface area contributed by atoms with E-state index in [-0.39, 0.29) is 36.9 Å². The van der Waals surface area contributed by atoms with Gasteiger partial charge in [0.05, 0.1) is 11.7 Å². The van der Waals surface area contributed by atoms with Crippen LogP contribution in [0.3, 0.4) is 0 Å². The fourth-order valence-electron chi connectivity index (χ4n) is 1.73. The molecule has 0 radical (unpaired) electrons. The first-order valence-corrected chi connectivity index (χ1v) is 7.39. The number of rotatable bonds is 5. The van der Waals surface area contributed by atoms with E-state index in [0.29, 0.717) is 6.42 Å². The number of piperidine rings is 1. The third-order valence-electron chi connectivity index (χ3n) is 2.96. The molecule has 0 spiro atoms. The zero-order chi connectivity index (χ0) is 13.1. The van der Waals surface area contributed by atoms with Crippen molar-refractivity contribution in [3.05, 3.63) is 0 Å². The lowest BCUT2D eigenvalue weighted by Gasteiger charge is -2.30. The highest BCUT2D eigenvalue weighted by molar-refractivity contribution is 7.91. The van der Waals surface area contributed by atoms with Crippen LogP contribution >= 0.6 is 0 Å². The minimum Gasteiger partial charge on any atom is -0.481 e. The second-order valence-corrected chi connectivity index (χ2v) is 6.62. The van der Waals surface area contributed by atoms with Crippen molar-refractivity contribution in [2.45, 2.75) is 19.8 Å². The Hall–Kier alpha value is -1.11. The Balaban J connectivity index is 2.57. The second-order valence-electron chi connectivity index (χ2n) is 4.15. The van der Waals surface area contributed by atoms with Crippen LogP contribution in [0.5, 0.6) is 0 Å². The average molecular weight is 263 g/mol. The van der Waals surface area contributed by atoms with Gasteiger partial charge in [-0.05, 0) is 6.42 Å². The molecule has 1 heterocycles. The lowest BCUT2D eigenvalue weighted by molar-refractivity contribution is -0.147. The first-order valence-electron chi connectivity index (χ1n) is 5.56. The molecule has 0 aromatic carbocycles. The summed E-state index contributed by atoms with van der Waals surface area (Å²) in [7, 11) is -3.12. The van der Waals surface area contributed by atoms with Gasteiger partial charge in [0.15, 0.2) is 9.84 Å². The number of hydrogen-bond donors (Lipinski definition) is 1. The Labute approximate surface area is 101 Å². The van der Waals surface area contributed by atoms with Gasteiger partial charge < -0.3 is 10.0 Å². The maximum atomic E-state index is 11.5. The van der Waals surface area contributed by atoms with Crippen molar-refractivity contribution in [1.82, 2.24) is 4.90 Å². The number of amides is 1. The van der Waals surface area contributed by atoms with E-state index < -0.39 is 21.7 Å². The van der Waals surface area contributed by atoms with Crippen molar-refractivity contribution >= 4 is 21.7 Å². The fraction of sp³-hybridized carbons (Fsp3) is 0.800.